The van der Waals surface area contributed by atoms with Crippen molar-refractivity contribution in [1.82, 2.24) is 10.2 Å². The first-order valence-electron chi connectivity index (χ1n) is 9.94. The molecule has 2 heterocycles. The van der Waals surface area contributed by atoms with Crippen LogP contribution in [0.1, 0.15) is 33.6 Å². The van der Waals surface area contributed by atoms with Gasteiger partial charge in [0.2, 0.25) is 12.7 Å². The SMILES string of the molecule is CCC(C)(C)C(=O)OCOC(=O)C1=C(COC)CS[C@H]2C(NC(=O)CC(=O)CBr)C(=O)N12. The van der Waals surface area contributed by atoms with Gasteiger partial charge in [-0.15, -0.1) is 11.8 Å². The molecule has 0 spiro atoms. The average molecular weight is 535 g/mol. The topological polar surface area (TPSA) is 128 Å². The Morgan fingerprint density at radius 2 is 1.94 bits per heavy atom. The van der Waals surface area contributed by atoms with E-state index in [0.29, 0.717) is 17.7 Å². The van der Waals surface area contributed by atoms with Crippen LogP contribution >= 0.6 is 27.7 Å². The number of hydrogen-bond donors (Lipinski definition) is 1. The Labute approximate surface area is 198 Å². The summed E-state index contributed by atoms with van der Waals surface area (Å²) in [5, 5.41) is 2.08. The summed E-state index contributed by atoms with van der Waals surface area (Å²) < 4.78 is 15.3. The zero-order valence-electron chi connectivity index (χ0n) is 18.4. The molecule has 2 aliphatic heterocycles. The second kappa shape index (κ2) is 11.3. The number of ether oxygens (including phenoxy) is 3. The number of amides is 2. The number of nitrogens with zero attached hydrogens (tertiary/aromatic N) is 1. The molecule has 1 fully saturated rings. The molecule has 0 aromatic rings. The van der Waals surface area contributed by atoms with E-state index in [-0.39, 0.29) is 29.8 Å². The molecule has 2 rings (SSSR count). The predicted octanol–water partition coefficient (Wildman–Crippen LogP) is 1.12. The summed E-state index contributed by atoms with van der Waals surface area (Å²) in [6.45, 7) is 4.80. The lowest BCUT2D eigenvalue weighted by Gasteiger charge is -2.49. The van der Waals surface area contributed by atoms with Crippen molar-refractivity contribution in [2.24, 2.45) is 5.41 Å². The molecule has 2 atom stereocenters. The largest absolute Gasteiger partial charge is 0.427 e. The van der Waals surface area contributed by atoms with Crippen molar-refractivity contribution >= 4 is 57.2 Å². The zero-order chi connectivity index (χ0) is 24.1. The van der Waals surface area contributed by atoms with Crippen LogP contribution in [0.3, 0.4) is 0 Å². The fourth-order valence-electron chi connectivity index (χ4n) is 2.95. The smallest absolute Gasteiger partial charge is 0.358 e. The van der Waals surface area contributed by atoms with E-state index in [1.54, 1.807) is 13.8 Å². The number of alkyl halides is 1. The van der Waals surface area contributed by atoms with E-state index in [1.165, 1.54) is 23.8 Å². The molecule has 0 aliphatic carbocycles. The molecule has 2 aliphatic rings. The van der Waals surface area contributed by atoms with E-state index in [4.69, 9.17) is 14.2 Å². The van der Waals surface area contributed by atoms with Crippen LogP contribution < -0.4 is 5.32 Å². The van der Waals surface area contributed by atoms with E-state index in [2.05, 4.69) is 21.2 Å². The predicted molar refractivity (Wildman–Crippen MR) is 118 cm³/mol. The summed E-state index contributed by atoms with van der Waals surface area (Å²) in [6, 6.07) is -0.856. The van der Waals surface area contributed by atoms with Gasteiger partial charge in [0.1, 0.15) is 17.1 Å². The third kappa shape index (κ3) is 5.90. The number of hydrogen-bond acceptors (Lipinski definition) is 9. The quantitative estimate of drug-likeness (QED) is 0.136. The molecule has 0 saturated carbocycles. The van der Waals surface area contributed by atoms with Crippen LogP contribution in [0.4, 0.5) is 0 Å². The third-order valence-corrected chi connectivity index (χ3v) is 7.16. The van der Waals surface area contributed by atoms with Gasteiger partial charge in [0.05, 0.1) is 23.8 Å². The maximum absolute atomic E-state index is 12.8. The highest BCUT2D eigenvalue weighted by molar-refractivity contribution is 9.09. The molecule has 1 N–H and O–H groups in total. The number of ketones is 1. The van der Waals surface area contributed by atoms with Gasteiger partial charge in [0.25, 0.3) is 5.91 Å². The van der Waals surface area contributed by atoms with Gasteiger partial charge in [-0.1, -0.05) is 22.9 Å². The zero-order valence-corrected chi connectivity index (χ0v) is 20.8. The number of rotatable bonds is 11. The minimum Gasteiger partial charge on any atom is -0.427 e. The number of carbonyl (C=O) groups is 5. The highest BCUT2D eigenvalue weighted by Crippen LogP contribution is 2.40. The molecule has 0 radical (unpaired) electrons. The third-order valence-electron chi connectivity index (χ3n) is 5.20. The van der Waals surface area contributed by atoms with Crippen molar-refractivity contribution in [3.05, 3.63) is 11.3 Å². The van der Waals surface area contributed by atoms with Crippen LogP contribution in [0.5, 0.6) is 0 Å². The summed E-state index contributed by atoms with van der Waals surface area (Å²) in [6.07, 6.45) is 0.212. The lowest BCUT2D eigenvalue weighted by molar-refractivity contribution is -0.174. The Morgan fingerprint density at radius 3 is 2.53 bits per heavy atom. The van der Waals surface area contributed by atoms with Crippen LogP contribution in [0, 0.1) is 5.41 Å². The van der Waals surface area contributed by atoms with Gasteiger partial charge in [-0.05, 0) is 25.8 Å². The molecular weight excluding hydrogens is 508 g/mol. The van der Waals surface area contributed by atoms with E-state index in [0.717, 1.165) is 0 Å². The number of halogens is 1. The summed E-state index contributed by atoms with van der Waals surface area (Å²) in [5.74, 6) is -2.31. The second-order valence-electron chi connectivity index (χ2n) is 7.91. The van der Waals surface area contributed by atoms with Gasteiger partial charge in [-0.2, -0.15) is 0 Å². The molecule has 10 nitrogen and oxygen atoms in total. The van der Waals surface area contributed by atoms with Crippen molar-refractivity contribution in [2.45, 2.75) is 45.0 Å². The normalized spacial score (nSPS) is 20.3. The maximum Gasteiger partial charge on any atom is 0.358 e. The molecule has 178 valence electrons. The first-order chi connectivity index (χ1) is 15.1. The fraction of sp³-hybridized carbons (Fsp3) is 0.650. The number of β-lactam (4-membered cyclic amide) rings is 1. The maximum atomic E-state index is 12.8. The van der Waals surface area contributed by atoms with Gasteiger partial charge < -0.3 is 19.5 Å². The Balaban J connectivity index is 2.07. The van der Waals surface area contributed by atoms with Crippen molar-refractivity contribution in [2.75, 3.05) is 31.6 Å². The Bertz CT molecular complexity index is 828. The highest BCUT2D eigenvalue weighted by Gasteiger charge is 2.54. The lowest BCUT2D eigenvalue weighted by atomic mass is 9.91. The van der Waals surface area contributed by atoms with Crippen LogP contribution in [0.25, 0.3) is 0 Å². The van der Waals surface area contributed by atoms with Crippen LogP contribution in [-0.2, 0) is 38.2 Å². The van der Waals surface area contributed by atoms with Crippen LogP contribution in [-0.4, -0.2) is 77.4 Å². The molecule has 32 heavy (non-hydrogen) atoms. The number of nitrogens with one attached hydrogen (secondary N) is 1. The lowest BCUT2D eigenvalue weighted by Crippen LogP contribution is -2.70. The fourth-order valence-corrected chi connectivity index (χ4v) is 4.48. The number of carbonyl (C=O) groups excluding carboxylic acids is 5. The van der Waals surface area contributed by atoms with Gasteiger partial charge in [0, 0.05) is 12.9 Å². The monoisotopic (exact) mass is 534 g/mol. The first kappa shape index (κ1) is 26.3. The van der Waals surface area contributed by atoms with Gasteiger partial charge in [-0.25, -0.2) is 4.79 Å². The summed E-state index contributed by atoms with van der Waals surface area (Å²) in [7, 11) is 1.46. The molecule has 1 unspecified atom stereocenters. The van der Waals surface area contributed by atoms with Crippen LogP contribution in [0.2, 0.25) is 0 Å². The minimum atomic E-state index is -0.856. The molecule has 0 aromatic carbocycles. The molecule has 0 aromatic heterocycles. The number of esters is 2. The highest BCUT2D eigenvalue weighted by atomic mass is 79.9. The van der Waals surface area contributed by atoms with Gasteiger partial charge >= 0.3 is 11.9 Å². The minimum absolute atomic E-state index is 0.0217. The second-order valence-corrected chi connectivity index (χ2v) is 9.57. The van der Waals surface area contributed by atoms with Gasteiger partial charge in [-0.3, -0.25) is 24.1 Å². The van der Waals surface area contributed by atoms with E-state index >= 15 is 0 Å². The molecule has 12 heteroatoms. The van der Waals surface area contributed by atoms with E-state index < -0.39 is 47.4 Å². The average Bonchev–Trinajstić information content (AvgIpc) is 2.76. The Morgan fingerprint density at radius 1 is 1.25 bits per heavy atom. The molecular formula is C20H27BrN2O8S. The van der Waals surface area contributed by atoms with Crippen LogP contribution in [0.15, 0.2) is 11.3 Å². The van der Waals surface area contributed by atoms with Crippen molar-refractivity contribution < 1.29 is 38.2 Å². The van der Waals surface area contributed by atoms with Gasteiger partial charge in [0.15, 0.2) is 5.78 Å². The summed E-state index contributed by atoms with van der Waals surface area (Å²) in [5.41, 5.74) is -0.144. The Hall–Kier alpha value is -1.92. The standard InChI is InChI=1S/C20H27BrN2O8S/c1-5-20(2,3)19(28)31-10-30-18(27)15-11(8-29-4)9-32-17-14(16(26)23(15)17)22-13(25)6-12(24)7-21/h14,17H,5-10H2,1-4H3,(H,22,25)/t14?,17-/m0/s1. The van der Waals surface area contributed by atoms with Crippen molar-refractivity contribution in [3.63, 3.8) is 0 Å². The van der Waals surface area contributed by atoms with Crippen molar-refractivity contribution in [3.8, 4) is 0 Å². The number of methoxy groups -OCH3 is 1. The van der Waals surface area contributed by atoms with Crippen molar-refractivity contribution in [1.29, 1.82) is 0 Å². The summed E-state index contributed by atoms with van der Waals surface area (Å²) in [4.78, 5) is 62.3. The number of fused-ring (bicyclic) bond motifs is 1. The first-order valence-corrected chi connectivity index (χ1v) is 12.1. The summed E-state index contributed by atoms with van der Waals surface area (Å²) >= 11 is 4.35. The number of Topliss-reactive ketones (excluding diaryl/α,β-unsaturated/α-hetero) is 1. The number of thioether (sulfide) groups is 1. The molecule has 2 amide bonds. The molecule has 0 bridgehead atoms. The molecule has 1 saturated heterocycles. The van der Waals surface area contributed by atoms with E-state index in [1.807, 2.05) is 6.92 Å². The Kier molecular flexibility index (Phi) is 9.28. The van der Waals surface area contributed by atoms with E-state index in [9.17, 15) is 24.0 Å².